The third kappa shape index (κ3) is 7.23. The van der Waals surface area contributed by atoms with E-state index in [1.165, 1.54) is 36.4 Å². The van der Waals surface area contributed by atoms with E-state index in [0.717, 1.165) is 12.3 Å². The average molecular weight is 765 g/mol. The number of benzene rings is 2. The molecule has 2 aromatic carbocycles. The average Bonchev–Trinajstić information content (AvgIpc) is 3.14. The zero-order valence-electron chi connectivity index (χ0n) is 28.2. The van der Waals surface area contributed by atoms with Crippen LogP contribution in [0.4, 0.5) is 0 Å². The first-order valence-electron chi connectivity index (χ1n) is 16.7. The first-order valence-corrected chi connectivity index (χ1v) is 16.7. The van der Waals surface area contributed by atoms with Gasteiger partial charge in [-0.15, -0.1) is 6.58 Å². The largest absolute Gasteiger partial charge is 0.508 e. The van der Waals surface area contributed by atoms with Crippen LogP contribution in [0.15, 0.2) is 60.9 Å². The number of aliphatic hydroxyl groups excluding tert-OH is 7. The lowest BCUT2D eigenvalue weighted by atomic mass is 9.76. The van der Waals surface area contributed by atoms with Crippen molar-refractivity contribution >= 4 is 11.9 Å². The van der Waals surface area contributed by atoms with Crippen LogP contribution in [0.5, 0.6) is 17.2 Å². The highest BCUT2D eigenvalue weighted by Gasteiger charge is 2.55. The molecule has 3 saturated heterocycles. The smallest absolute Gasteiger partial charge is 0.343 e. The number of carbonyl (C=O) groups excluding carboxylic acids is 2. The first kappa shape index (κ1) is 39.3. The van der Waals surface area contributed by atoms with Crippen molar-refractivity contribution in [2.75, 3.05) is 19.8 Å². The van der Waals surface area contributed by atoms with Gasteiger partial charge in [-0.2, -0.15) is 0 Å². The van der Waals surface area contributed by atoms with Gasteiger partial charge in [0.2, 0.25) is 18.9 Å². The van der Waals surface area contributed by atoms with Gasteiger partial charge in [0, 0.05) is 18.1 Å². The number of hydrogen-bond donors (Lipinski definition) is 10. The number of carbonyl (C=O) groups is 2. The highest BCUT2D eigenvalue weighted by Crippen LogP contribution is 2.43. The second kappa shape index (κ2) is 15.8. The SMILES string of the molecule is C=C[C@H]1[C@H](O[C@@H]2O[C@H](CO)[C@@H](O)[C@H](O)[C@H]2OC(=O)c2c(O)cc(O[C@@H]3O[C@H](CO)[C@@H](O)[C@H](O)[C@H]3O)cc2-c2cccc(O)c2)OC=C2C(=O)OCC[C@]21O. The van der Waals surface area contributed by atoms with Gasteiger partial charge in [-0.3, -0.25) is 0 Å². The van der Waals surface area contributed by atoms with Crippen molar-refractivity contribution < 1.29 is 93.8 Å². The Hall–Kier alpha value is -4.38. The maximum atomic E-state index is 14.0. The van der Waals surface area contributed by atoms with E-state index >= 15 is 0 Å². The summed E-state index contributed by atoms with van der Waals surface area (Å²) in [5, 5.41) is 105. The zero-order valence-corrected chi connectivity index (χ0v) is 28.2. The molecule has 4 aliphatic heterocycles. The summed E-state index contributed by atoms with van der Waals surface area (Å²) in [5.74, 6) is -4.67. The van der Waals surface area contributed by atoms with Crippen LogP contribution in [0.25, 0.3) is 11.1 Å². The fraction of sp³-hybridized carbons (Fsp3) is 0.486. The molecule has 0 spiro atoms. The van der Waals surface area contributed by atoms with Crippen molar-refractivity contribution in [3.8, 4) is 28.4 Å². The highest BCUT2D eigenvalue weighted by atomic mass is 16.8. The third-order valence-electron chi connectivity index (χ3n) is 9.71. The molecule has 4 heterocycles. The topological polar surface area (TPSA) is 301 Å². The number of phenols is 2. The molecule has 294 valence electrons. The quantitative estimate of drug-likeness (QED) is 0.0894. The zero-order chi connectivity index (χ0) is 39.1. The lowest BCUT2D eigenvalue weighted by molar-refractivity contribution is -0.343. The summed E-state index contributed by atoms with van der Waals surface area (Å²) in [5.41, 5.74) is -2.69. The Bertz CT molecular complexity index is 1750. The number of cyclic esters (lactones) is 1. The van der Waals surface area contributed by atoms with Crippen molar-refractivity contribution in [1.29, 1.82) is 0 Å². The van der Waals surface area contributed by atoms with Crippen LogP contribution < -0.4 is 4.74 Å². The summed E-state index contributed by atoms with van der Waals surface area (Å²) >= 11 is 0. The Kier molecular flexibility index (Phi) is 11.5. The molecule has 0 bridgehead atoms. The van der Waals surface area contributed by atoms with E-state index in [1.54, 1.807) is 0 Å². The predicted octanol–water partition coefficient (Wildman–Crippen LogP) is -2.36. The summed E-state index contributed by atoms with van der Waals surface area (Å²) in [7, 11) is 0. The number of rotatable bonds is 10. The van der Waals surface area contributed by atoms with Gasteiger partial charge < -0.3 is 84.2 Å². The maximum Gasteiger partial charge on any atom is 0.343 e. The van der Waals surface area contributed by atoms with Crippen molar-refractivity contribution in [3.63, 3.8) is 0 Å². The molecule has 0 amide bonds. The summed E-state index contributed by atoms with van der Waals surface area (Å²) in [6, 6.07) is 7.47. The number of fused-ring (bicyclic) bond motifs is 1. The molecular weight excluding hydrogens is 724 g/mol. The number of ether oxygens (including phenoxy) is 7. The van der Waals surface area contributed by atoms with Crippen LogP contribution in [-0.2, 0) is 33.2 Å². The van der Waals surface area contributed by atoms with Gasteiger partial charge in [-0.25, -0.2) is 9.59 Å². The normalized spacial score (nSPS) is 36.5. The molecule has 0 saturated carbocycles. The first-order chi connectivity index (χ1) is 25.7. The molecule has 6 rings (SSSR count). The maximum absolute atomic E-state index is 14.0. The number of aromatic hydroxyl groups is 2. The van der Waals surface area contributed by atoms with Crippen LogP contribution in [0.3, 0.4) is 0 Å². The molecule has 2 aromatic rings. The van der Waals surface area contributed by atoms with Crippen LogP contribution in [-0.4, -0.2) is 156 Å². The Balaban J connectivity index is 1.33. The van der Waals surface area contributed by atoms with Crippen molar-refractivity contribution in [3.05, 3.63) is 66.5 Å². The highest BCUT2D eigenvalue weighted by molar-refractivity contribution is 6.00. The Morgan fingerprint density at radius 2 is 1.59 bits per heavy atom. The summed E-state index contributed by atoms with van der Waals surface area (Å²) < 4.78 is 38.9. The molecule has 54 heavy (non-hydrogen) atoms. The van der Waals surface area contributed by atoms with Gasteiger partial charge in [0.05, 0.1) is 32.0 Å². The third-order valence-corrected chi connectivity index (χ3v) is 9.71. The predicted molar refractivity (Wildman–Crippen MR) is 175 cm³/mol. The monoisotopic (exact) mass is 764 g/mol. The standard InChI is InChI=1S/C35H40O19/c1-2-18-32(49-13-19-30(45)48-7-6-35(18,19)47)54-34-29(27(43)25(41)22(12-37)52-34)53-31(46)23-17(14-4-3-5-15(38)8-14)9-16(10-20(23)39)50-33-28(44)26(42)24(40)21(11-36)51-33/h2-5,8-10,13,18,21-22,24-29,32-34,36-44,47H,1,6-7,11-12H2/t18-,21+,22+,24+,25+,26-,27-,28+,29+,32-,33+,34-,35+/m0/s1. The molecule has 0 radical (unpaired) electrons. The van der Waals surface area contributed by atoms with Crippen molar-refractivity contribution in [2.45, 2.75) is 79.7 Å². The minimum atomic E-state index is -1.99. The molecule has 19 heteroatoms. The summed E-state index contributed by atoms with van der Waals surface area (Å²) in [4.78, 5) is 26.4. The summed E-state index contributed by atoms with van der Waals surface area (Å²) in [6.45, 7) is 1.99. The molecule has 0 aromatic heterocycles. The molecule has 0 unspecified atom stereocenters. The minimum absolute atomic E-state index is 0.0673. The van der Waals surface area contributed by atoms with E-state index in [-0.39, 0.29) is 41.2 Å². The Labute approximate surface area is 306 Å². The number of aliphatic hydroxyl groups is 8. The van der Waals surface area contributed by atoms with E-state index < -0.39 is 116 Å². The molecule has 10 N–H and O–H groups in total. The van der Waals surface area contributed by atoms with Gasteiger partial charge in [-0.1, -0.05) is 18.2 Å². The molecule has 13 atom stereocenters. The lowest BCUT2D eigenvalue weighted by Crippen LogP contribution is -2.62. The Morgan fingerprint density at radius 1 is 0.907 bits per heavy atom. The number of esters is 2. The van der Waals surface area contributed by atoms with Crippen LogP contribution in [0.1, 0.15) is 16.8 Å². The van der Waals surface area contributed by atoms with Gasteiger partial charge in [0.1, 0.15) is 76.7 Å². The summed E-state index contributed by atoms with van der Waals surface area (Å²) in [6.07, 6.45) is -16.8. The second-order valence-corrected chi connectivity index (χ2v) is 13.1. The lowest BCUT2D eigenvalue weighted by Gasteiger charge is -2.47. The van der Waals surface area contributed by atoms with Gasteiger partial charge in [0.15, 0.2) is 6.10 Å². The van der Waals surface area contributed by atoms with Crippen LogP contribution in [0.2, 0.25) is 0 Å². The molecule has 0 aliphatic carbocycles. The number of phenolic OH excluding ortho intramolecular Hbond substituents is 2. The molecule has 4 aliphatic rings. The number of hydrogen-bond acceptors (Lipinski definition) is 19. The van der Waals surface area contributed by atoms with Crippen LogP contribution >= 0.6 is 0 Å². The molecular formula is C35H40O19. The minimum Gasteiger partial charge on any atom is -0.508 e. The van der Waals surface area contributed by atoms with Gasteiger partial charge in [-0.05, 0) is 23.8 Å². The van der Waals surface area contributed by atoms with E-state index in [0.29, 0.717) is 0 Å². The fourth-order valence-corrected chi connectivity index (χ4v) is 6.74. The van der Waals surface area contributed by atoms with E-state index in [9.17, 15) is 60.7 Å². The van der Waals surface area contributed by atoms with Crippen molar-refractivity contribution in [2.24, 2.45) is 5.92 Å². The molecule has 3 fully saturated rings. The second-order valence-electron chi connectivity index (χ2n) is 13.1. The Morgan fingerprint density at radius 3 is 2.26 bits per heavy atom. The van der Waals surface area contributed by atoms with Crippen LogP contribution in [0, 0.1) is 5.92 Å². The van der Waals surface area contributed by atoms with Gasteiger partial charge >= 0.3 is 11.9 Å². The van der Waals surface area contributed by atoms with E-state index in [4.69, 9.17) is 33.2 Å². The van der Waals surface area contributed by atoms with Crippen molar-refractivity contribution in [1.82, 2.24) is 0 Å². The van der Waals surface area contributed by atoms with E-state index in [1.807, 2.05) is 0 Å². The van der Waals surface area contributed by atoms with Gasteiger partial charge in [0.25, 0.3) is 0 Å². The fourth-order valence-electron chi connectivity index (χ4n) is 6.74. The van der Waals surface area contributed by atoms with E-state index in [2.05, 4.69) is 6.58 Å². The molecule has 19 nitrogen and oxygen atoms in total.